The van der Waals surface area contributed by atoms with Crippen molar-refractivity contribution in [2.45, 2.75) is 109 Å². The van der Waals surface area contributed by atoms with Gasteiger partial charge in [-0.15, -0.1) is 0 Å². The van der Waals surface area contributed by atoms with E-state index in [4.69, 9.17) is 15.9 Å². The molecule has 0 spiro atoms. The van der Waals surface area contributed by atoms with Crippen molar-refractivity contribution in [1.29, 1.82) is 0 Å². The van der Waals surface area contributed by atoms with Gasteiger partial charge in [0.15, 0.2) is 5.66 Å². The van der Waals surface area contributed by atoms with Crippen LogP contribution in [0, 0.1) is 0 Å². The van der Waals surface area contributed by atoms with Gasteiger partial charge in [-0.2, -0.15) is 0 Å². The molecule has 0 saturated carbocycles. The van der Waals surface area contributed by atoms with Gasteiger partial charge in [0.1, 0.15) is 6.54 Å². The number of carbonyl (C=O) groups excluding carboxylic acids is 1. The normalized spacial score (nSPS) is 12.6. The van der Waals surface area contributed by atoms with Crippen molar-refractivity contribution in [2.24, 2.45) is 5.73 Å². The van der Waals surface area contributed by atoms with Gasteiger partial charge in [0.2, 0.25) is 0 Å². The third-order valence-corrected chi connectivity index (χ3v) is 5.40. The van der Waals surface area contributed by atoms with Crippen molar-refractivity contribution in [3.05, 3.63) is 0 Å². The Kier molecular flexibility index (Phi) is 24.6. The number of hydrogen-bond donors (Lipinski definition) is 3. The molecule has 35 heavy (non-hydrogen) atoms. The molecule has 0 aliphatic carbocycles. The topological polar surface area (TPSA) is 144 Å². The number of quaternary nitrogens is 1. The summed E-state index contributed by atoms with van der Waals surface area (Å²) >= 11 is 0. The highest BCUT2D eigenvalue weighted by molar-refractivity contribution is 5.77. The molecule has 0 aromatic carbocycles. The molecule has 0 bridgehead atoms. The second-order valence-electron chi connectivity index (χ2n) is 10.4. The van der Waals surface area contributed by atoms with Crippen LogP contribution >= 0.6 is 0 Å². The quantitative estimate of drug-likeness (QED) is 0.146. The van der Waals surface area contributed by atoms with E-state index in [1.54, 1.807) is 35.2 Å². The van der Waals surface area contributed by atoms with E-state index < -0.39 is 23.6 Å². The summed E-state index contributed by atoms with van der Waals surface area (Å²) in [6.45, 7) is 4.23. The molecule has 0 aromatic rings. The van der Waals surface area contributed by atoms with Crippen LogP contribution in [0.1, 0.15) is 104 Å². The van der Waals surface area contributed by atoms with Gasteiger partial charge < -0.3 is 30.3 Å². The first-order chi connectivity index (χ1) is 16.1. The van der Waals surface area contributed by atoms with Crippen molar-refractivity contribution < 1.29 is 34.2 Å². The molecular weight excluding hydrogens is 450 g/mol. The number of nitrogens with zero attached hydrogens (tertiary/aromatic N) is 2. The Morgan fingerprint density at radius 2 is 1.20 bits per heavy atom. The first kappa shape index (κ1) is 37.8. The maximum Gasteiger partial charge on any atom is 0.338 e. The zero-order chi connectivity index (χ0) is 27.9. The maximum atomic E-state index is 10.7. The molecule has 0 aliphatic heterocycles. The van der Waals surface area contributed by atoms with Crippen LogP contribution in [0.2, 0.25) is 0 Å². The predicted molar refractivity (Wildman–Crippen MR) is 140 cm³/mol. The monoisotopic (exact) mass is 505 g/mol. The molecule has 210 valence electrons. The van der Waals surface area contributed by atoms with Gasteiger partial charge in [-0.25, -0.2) is 4.79 Å². The highest BCUT2D eigenvalue weighted by Gasteiger charge is 2.35. The first-order valence-corrected chi connectivity index (χ1v) is 13.1. The van der Waals surface area contributed by atoms with E-state index in [-0.39, 0.29) is 6.54 Å². The third-order valence-electron chi connectivity index (χ3n) is 5.40. The minimum absolute atomic E-state index is 0.0694. The van der Waals surface area contributed by atoms with E-state index >= 15 is 0 Å². The summed E-state index contributed by atoms with van der Waals surface area (Å²) in [4.78, 5) is 32.4. The van der Waals surface area contributed by atoms with E-state index in [9.17, 15) is 19.5 Å². The summed E-state index contributed by atoms with van der Waals surface area (Å²) in [7, 11) is 8.75. The van der Waals surface area contributed by atoms with Crippen molar-refractivity contribution >= 4 is 17.9 Å². The molecule has 0 radical (unpaired) electrons. The van der Waals surface area contributed by atoms with Crippen LogP contribution in [0.15, 0.2) is 0 Å². The van der Waals surface area contributed by atoms with E-state index in [0.717, 1.165) is 19.3 Å². The number of aliphatic carboxylic acids is 3. The summed E-state index contributed by atoms with van der Waals surface area (Å²) in [5.41, 5.74) is 4.42. The van der Waals surface area contributed by atoms with Gasteiger partial charge in [-0.3, -0.25) is 9.69 Å². The molecule has 0 aromatic heterocycles. The summed E-state index contributed by atoms with van der Waals surface area (Å²) in [6.07, 6.45) is 15.6. The summed E-state index contributed by atoms with van der Waals surface area (Å²) in [5, 5.41) is 27.1. The Bertz CT molecular complexity index is 550. The molecule has 0 saturated heterocycles. The Balaban J connectivity index is -0.000000469. The number of nitrogens with two attached hydrogens (primary N) is 1. The number of carboxylic acid groups (broad SMARTS) is 3. The van der Waals surface area contributed by atoms with Crippen LogP contribution < -0.4 is 10.8 Å². The largest absolute Gasteiger partial charge is 0.544 e. The Hall–Kier alpha value is -1.71. The van der Waals surface area contributed by atoms with Crippen LogP contribution in [-0.2, 0) is 14.4 Å². The van der Waals surface area contributed by atoms with Gasteiger partial charge in [-0.05, 0) is 26.9 Å². The van der Waals surface area contributed by atoms with Crippen molar-refractivity contribution in [2.75, 3.05) is 41.8 Å². The Morgan fingerprint density at radius 3 is 1.40 bits per heavy atom. The fourth-order valence-corrected chi connectivity index (χ4v) is 3.23. The minimum Gasteiger partial charge on any atom is -0.544 e. The summed E-state index contributed by atoms with van der Waals surface area (Å²) in [5.74, 6) is -2.63. The predicted octanol–water partition coefficient (Wildman–Crippen LogP) is 3.30. The number of carboxylic acids is 3. The first-order valence-electron chi connectivity index (χ1n) is 13.1. The zero-order valence-corrected chi connectivity index (χ0v) is 23.6. The lowest BCUT2D eigenvalue weighted by Gasteiger charge is -2.31. The molecule has 4 N–H and O–H groups in total. The molecule has 9 nitrogen and oxygen atoms in total. The van der Waals surface area contributed by atoms with Gasteiger partial charge in [0, 0.05) is 6.42 Å². The SMILES string of the molecule is CCCC(N)(C(=O)O)N(C)C.CCCCCCCCCCCCCC(=O)O.C[N+](C)(C)CC(=O)[O-]. The van der Waals surface area contributed by atoms with Gasteiger partial charge in [0.25, 0.3) is 0 Å². The zero-order valence-electron chi connectivity index (χ0n) is 23.6. The standard InChI is InChI=1S/C14H28O2.C7H16N2O2.C5H11NO2/c1-2-3-4-5-6-7-8-9-10-11-12-13-14(15)16;1-4-5-7(8,6(10)11)9(2)3;1-6(2,3)4-5(7)8/h2-13H2,1H3,(H,15,16);4-5,8H2,1-3H3,(H,10,11);4H2,1-3H3. The molecule has 0 amide bonds. The lowest BCUT2D eigenvalue weighted by atomic mass is 10.0. The van der Waals surface area contributed by atoms with E-state index in [1.165, 1.54) is 62.7 Å². The Labute approximate surface area is 214 Å². The number of unbranched alkanes of at least 4 members (excludes halogenated alkanes) is 10. The van der Waals surface area contributed by atoms with Crippen molar-refractivity contribution in [3.63, 3.8) is 0 Å². The fraction of sp³-hybridized carbons (Fsp3) is 0.885. The van der Waals surface area contributed by atoms with Gasteiger partial charge in [-0.1, -0.05) is 84.5 Å². The van der Waals surface area contributed by atoms with E-state index in [0.29, 0.717) is 17.3 Å². The number of rotatable bonds is 18. The number of likely N-dealkylation sites (N-methyl/N-ethyl adjacent to an activating group) is 2. The van der Waals surface area contributed by atoms with Crippen LogP contribution in [0.25, 0.3) is 0 Å². The van der Waals surface area contributed by atoms with Gasteiger partial charge in [0.05, 0.1) is 27.1 Å². The smallest absolute Gasteiger partial charge is 0.338 e. The highest BCUT2D eigenvalue weighted by atomic mass is 16.4. The lowest BCUT2D eigenvalue weighted by molar-refractivity contribution is -0.864. The number of hydrogen-bond acceptors (Lipinski definition) is 6. The molecule has 1 unspecified atom stereocenters. The second kappa shape index (κ2) is 22.7. The third kappa shape index (κ3) is 28.4. The molecule has 0 heterocycles. The molecular formula is C26H55N3O6. The van der Waals surface area contributed by atoms with Gasteiger partial charge >= 0.3 is 11.9 Å². The summed E-state index contributed by atoms with van der Waals surface area (Å²) < 4.78 is 0.419. The molecule has 0 aliphatic rings. The fourth-order valence-electron chi connectivity index (χ4n) is 3.23. The van der Waals surface area contributed by atoms with Crippen LogP contribution in [0.5, 0.6) is 0 Å². The van der Waals surface area contributed by atoms with Crippen LogP contribution in [0.3, 0.4) is 0 Å². The second-order valence-corrected chi connectivity index (χ2v) is 10.4. The molecule has 0 fully saturated rings. The Morgan fingerprint density at radius 1 is 0.800 bits per heavy atom. The lowest BCUT2D eigenvalue weighted by Crippen LogP contribution is -2.58. The maximum absolute atomic E-state index is 10.7. The molecule has 0 rings (SSSR count). The average Bonchev–Trinajstić information content (AvgIpc) is 2.70. The molecule has 1 atom stereocenters. The minimum atomic E-state index is -1.20. The van der Waals surface area contributed by atoms with E-state index in [1.807, 2.05) is 6.92 Å². The van der Waals surface area contributed by atoms with Crippen LogP contribution in [0.4, 0.5) is 0 Å². The number of carbonyl (C=O) groups is 3. The average molecular weight is 506 g/mol. The molecule has 9 heteroatoms. The van der Waals surface area contributed by atoms with E-state index in [2.05, 4.69) is 6.92 Å². The highest BCUT2D eigenvalue weighted by Crippen LogP contribution is 2.12. The van der Waals surface area contributed by atoms with Crippen molar-refractivity contribution in [3.8, 4) is 0 Å². The summed E-state index contributed by atoms with van der Waals surface area (Å²) in [6, 6.07) is 0. The van der Waals surface area contributed by atoms with Crippen molar-refractivity contribution in [1.82, 2.24) is 4.90 Å². The van der Waals surface area contributed by atoms with Crippen LogP contribution in [-0.4, -0.2) is 84.9 Å².